The minimum atomic E-state index is -0.155. The number of anilines is 1. The number of nitrogens with zero attached hydrogens (tertiary/aromatic N) is 4. The van der Waals surface area contributed by atoms with Crippen LogP contribution in [-0.2, 0) is 0 Å². The van der Waals surface area contributed by atoms with Crippen molar-refractivity contribution in [3.8, 4) is 17.1 Å². The van der Waals surface area contributed by atoms with Crippen LogP contribution in [-0.4, -0.2) is 26.7 Å². The predicted octanol–water partition coefficient (Wildman–Crippen LogP) is 3.39. The summed E-state index contributed by atoms with van der Waals surface area (Å²) < 4.78 is 7.32. The fourth-order valence-corrected chi connectivity index (χ4v) is 3.68. The Bertz CT molecular complexity index is 896. The van der Waals surface area contributed by atoms with Crippen LogP contribution in [0.3, 0.4) is 0 Å². The Morgan fingerprint density at radius 1 is 1.19 bits per heavy atom. The van der Waals surface area contributed by atoms with E-state index in [9.17, 15) is 5.21 Å². The maximum Gasteiger partial charge on any atom is 0.212 e. The van der Waals surface area contributed by atoms with Crippen molar-refractivity contribution in [1.29, 1.82) is 0 Å². The highest BCUT2D eigenvalue weighted by Gasteiger charge is 2.28. The van der Waals surface area contributed by atoms with Crippen molar-refractivity contribution in [1.82, 2.24) is 14.9 Å². The first kappa shape index (κ1) is 16.7. The largest absolute Gasteiger partial charge is 0.733 e. The van der Waals surface area contributed by atoms with E-state index < -0.39 is 0 Å². The molecule has 0 saturated heterocycles. The third-order valence-corrected chi connectivity index (χ3v) is 5.03. The summed E-state index contributed by atoms with van der Waals surface area (Å²) in [6, 6.07) is 14.4. The average Bonchev–Trinajstić information content (AvgIpc) is 3.23. The molecule has 2 N–H and O–H groups in total. The monoisotopic (exact) mass is 370 g/mol. The number of hydrogen-bond acceptors (Lipinski definition) is 8. The molecule has 0 unspecified atom stereocenters. The van der Waals surface area contributed by atoms with E-state index in [2.05, 4.69) is 15.6 Å². The minimum absolute atomic E-state index is 0.0604. The van der Waals surface area contributed by atoms with Gasteiger partial charge in [0, 0.05) is 5.56 Å². The summed E-state index contributed by atoms with van der Waals surface area (Å²) in [5.41, 5.74) is 5.43. The summed E-state index contributed by atoms with van der Waals surface area (Å²) in [7, 11) is 0. The Labute approximate surface area is 153 Å². The van der Waals surface area contributed by atoms with E-state index >= 15 is 0 Å². The quantitative estimate of drug-likeness (QED) is 0.660. The molecule has 8 nitrogen and oxygen atoms in total. The first-order chi connectivity index (χ1) is 12.7. The van der Waals surface area contributed by atoms with Gasteiger partial charge in [-0.3, -0.25) is 5.21 Å². The van der Waals surface area contributed by atoms with Crippen LogP contribution >= 0.6 is 11.8 Å². The molecule has 0 radical (unpaired) electrons. The zero-order valence-electron chi connectivity index (χ0n) is 13.9. The third kappa shape index (κ3) is 3.07. The highest BCUT2D eigenvalue weighted by molar-refractivity contribution is 7.99. The number of aromatic nitrogens is 3. The Morgan fingerprint density at radius 3 is 2.58 bits per heavy atom. The Morgan fingerprint density at radius 2 is 1.92 bits per heavy atom. The highest BCUT2D eigenvalue weighted by Crippen LogP contribution is 2.40. The zero-order valence-corrected chi connectivity index (χ0v) is 14.7. The van der Waals surface area contributed by atoms with Crippen molar-refractivity contribution in [2.75, 3.05) is 17.3 Å². The Hall–Kier alpha value is -2.75. The van der Waals surface area contributed by atoms with Crippen LogP contribution in [0.15, 0.2) is 53.7 Å². The molecule has 9 heteroatoms. The molecule has 2 aromatic carbocycles. The van der Waals surface area contributed by atoms with E-state index in [1.807, 2.05) is 35.9 Å². The molecule has 0 fully saturated rings. The van der Waals surface area contributed by atoms with E-state index in [1.54, 1.807) is 24.3 Å². The molecular formula is C17H16N5O3S-. The van der Waals surface area contributed by atoms with Gasteiger partial charge < -0.3 is 20.6 Å². The summed E-state index contributed by atoms with van der Waals surface area (Å²) in [5, 5.41) is 28.9. The van der Waals surface area contributed by atoms with E-state index in [0.29, 0.717) is 6.61 Å². The second kappa shape index (κ2) is 6.87. The predicted molar refractivity (Wildman–Crippen MR) is 98.7 cm³/mol. The van der Waals surface area contributed by atoms with Crippen molar-refractivity contribution in [2.45, 2.75) is 17.5 Å². The number of hydrogen-bond donors (Lipinski definition) is 2. The van der Waals surface area contributed by atoms with Crippen molar-refractivity contribution >= 4 is 17.4 Å². The molecule has 0 spiro atoms. The van der Waals surface area contributed by atoms with Gasteiger partial charge in [0.05, 0.1) is 12.3 Å². The molecule has 0 amide bonds. The molecule has 1 atom stereocenters. The highest BCUT2D eigenvalue weighted by atomic mass is 32.2. The lowest BCUT2D eigenvalue weighted by Crippen LogP contribution is -2.14. The molecule has 3 aromatic rings. The van der Waals surface area contributed by atoms with Gasteiger partial charge in [0.25, 0.3) is 0 Å². The molecule has 0 aliphatic carbocycles. The number of benzene rings is 2. The van der Waals surface area contributed by atoms with Crippen LogP contribution in [0.2, 0.25) is 0 Å². The number of rotatable bonds is 5. The fourth-order valence-electron chi connectivity index (χ4n) is 2.68. The lowest BCUT2D eigenvalue weighted by atomic mass is 10.2. The van der Waals surface area contributed by atoms with Crippen LogP contribution < -0.4 is 15.4 Å². The first-order valence-corrected chi connectivity index (χ1v) is 8.91. The first-order valence-electron chi connectivity index (χ1n) is 8.03. The molecule has 0 saturated carbocycles. The summed E-state index contributed by atoms with van der Waals surface area (Å²) >= 11 is 1.53. The van der Waals surface area contributed by atoms with E-state index in [-0.39, 0.29) is 16.3 Å². The average molecular weight is 370 g/mol. The van der Waals surface area contributed by atoms with Crippen LogP contribution in [0, 0.1) is 5.21 Å². The van der Waals surface area contributed by atoms with Gasteiger partial charge in [-0.25, -0.2) is 4.68 Å². The SMILES string of the molecule is CCOc1ccc(-c2nnc3n2N[C@@H](c2ccc(N([O-])O)cc2)S3)cc1. The normalized spacial score (nSPS) is 15.4. The summed E-state index contributed by atoms with van der Waals surface area (Å²) in [5.74, 6) is 1.53. The lowest BCUT2D eigenvalue weighted by molar-refractivity contribution is 0.296. The molecule has 134 valence electrons. The van der Waals surface area contributed by atoms with Crippen LogP contribution in [0.5, 0.6) is 5.75 Å². The molecule has 2 heterocycles. The standard InChI is InChI=1S/C17H16N5O3S/c1-2-25-14-9-5-11(6-10-14)15-18-19-17-21(15)20-16(26-17)12-3-7-13(8-4-12)22(23)24/h3-10,16,20,23H,2H2,1H3/q-1/t16-/m1/s1. The second-order valence-corrected chi connectivity index (χ2v) is 6.66. The number of ether oxygens (including phenoxy) is 1. The van der Waals surface area contributed by atoms with E-state index in [4.69, 9.17) is 9.94 Å². The smallest absolute Gasteiger partial charge is 0.212 e. The Kier molecular flexibility index (Phi) is 4.41. The van der Waals surface area contributed by atoms with Gasteiger partial charge in [0.1, 0.15) is 11.1 Å². The van der Waals surface area contributed by atoms with Crippen LogP contribution in [0.4, 0.5) is 5.69 Å². The summed E-state index contributed by atoms with van der Waals surface area (Å²) in [6.45, 7) is 2.57. The maximum absolute atomic E-state index is 10.9. The number of thioether (sulfide) groups is 1. The maximum atomic E-state index is 10.9. The number of nitrogens with one attached hydrogen (secondary N) is 1. The van der Waals surface area contributed by atoms with Gasteiger partial charge in [-0.1, -0.05) is 23.9 Å². The van der Waals surface area contributed by atoms with Gasteiger partial charge in [-0.2, -0.15) is 0 Å². The molecule has 1 aliphatic rings. The molecule has 1 aliphatic heterocycles. The van der Waals surface area contributed by atoms with Gasteiger partial charge in [-0.15, -0.1) is 10.2 Å². The minimum Gasteiger partial charge on any atom is -0.733 e. The second-order valence-electron chi connectivity index (χ2n) is 5.59. The topological polar surface area (TPSA) is 98.5 Å². The van der Waals surface area contributed by atoms with Crippen molar-refractivity contribution in [2.24, 2.45) is 0 Å². The summed E-state index contributed by atoms with van der Waals surface area (Å²) in [4.78, 5) is 0. The van der Waals surface area contributed by atoms with Crippen molar-refractivity contribution in [3.05, 3.63) is 59.3 Å². The van der Waals surface area contributed by atoms with Gasteiger partial charge in [0.2, 0.25) is 5.16 Å². The van der Waals surface area contributed by atoms with Gasteiger partial charge in [0.15, 0.2) is 5.82 Å². The van der Waals surface area contributed by atoms with E-state index in [1.165, 1.54) is 11.8 Å². The molecule has 0 bridgehead atoms. The molecular weight excluding hydrogens is 354 g/mol. The van der Waals surface area contributed by atoms with Gasteiger partial charge >= 0.3 is 0 Å². The third-order valence-electron chi connectivity index (χ3n) is 3.94. The van der Waals surface area contributed by atoms with Gasteiger partial charge in [-0.05, 0) is 48.9 Å². The van der Waals surface area contributed by atoms with Crippen LogP contribution in [0.1, 0.15) is 17.9 Å². The molecule has 26 heavy (non-hydrogen) atoms. The lowest BCUT2D eigenvalue weighted by Gasteiger charge is -2.22. The Balaban J connectivity index is 1.55. The fraction of sp³-hybridized carbons (Fsp3) is 0.176. The molecule has 4 rings (SSSR count). The summed E-state index contributed by atoms with van der Waals surface area (Å²) in [6.07, 6.45) is 0. The molecule has 1 aromatic heterocycles. The van der Waals surface area contributed by atoms with Crippen molar-refractivity contribution < 1.29 is 9.94 Å². The number of fused-ring (bicyclic) bond motifs is 1. The van der Waals surface area contributed by atoms with E-state index in [0.717, 1.165) is 27.9 Å². The van der Waals surface area contributed by atoms with Crippen LogP contribution in [0.25, 0.3) is 11.4 Å². The zero-order chi connectivity index (χ0) is 18.1. The van der Waals surface area contributed by atoms with Crippen molar-refractivity contribution in [3.63, 3.8) is 0 Å².